The zero-order valence-corrected chi connectivity index (χ0v) is 15.2. The molecule has 130 valence electrons. The molecule has 2 aromatic heterocycles. The lowest BCUT2D eigenvalue weighted by Gasteiger charge is -2.31. The van der Waals surface area contributed by atoms with Gasteiger partial charge in [0.2, 0.25) is 11.8 Å². The Balaban J connectivity index is 2.31. The van der Waals surface area contributed by atoms with E-state index in [0.717, 1.165) is 11.3 Å². The number of aryl methyl sites for hydroxylation is 1. The topological polar surface area (TPSA) is 72.4 Å². The predicted octanol–water partition coefficient (Wildman–Crippen LogP) is 3.82. The van der Waals surface area contributed by atoms with Crippen LogP contribution >= 0.6 is 11.6 Å². The van der Waals surface area contributed by atoms with E-state index in [2.05, 4.69) is 9.97 Å². The Morgan fingerprint density at radius 3 is 2.68 bits per heavy atom. The standard InChI is InChI=1S/C18H18ClN3O3/c1-9(2)15-16(10(3)5-6-20-15)22-14(24)8-13(23)11-7-12(19)18(25-4)21-17(11)22/h5-7,9H,8H2,1-4H3. The van der Waals surface area contributed by atoms with Crippen molar-refractivity contribution in [2.45, 2.75) is 33.1 Å². The van der Waals surface area contributed by atoms with Gasteiger partial charge in [-0.2, -0.15) is 4.98 Å². The minimum atomic E-state index is -0.340. The van der Waals surface area contributed by atoms with Crippen molar-refractivity contribution in [2.24, 2.45) is 0 Å². The number of Topliss-reactive ketones (excluding diaryl/α,β-unsaturated/α-hetero) is 1. The summed E-state index contributed by atoms with van der Waals surface area (Å²) >= 11 is 6.11. The summed E-state index contributed by atoms with van der Waals surface area (Å²) in [7, 11) is 1.44. The normalized spacial score (nSPS) is 14.1. The van der Waals surface area contributed by atoms with E-state index in [9.17, 15) is 9.59 Å². The molecule has 0 fully saturated rings. The number of hydrogen-bond acceptors (Lipinski definition) is 5. The van der Waals surface area contributed by atoms with Gasteiger partial charge in [-0.3, -0.25) is 19.5 Å². The molecule has 0 bridgehead atoms. The van der Waals surface area contributed by atoms with Gasteiger partial charge in [-0.15, -0.1) is 0 Å². The molecule has 6 nitrogen and oxygen atoms in total. The number of hydrogen-bond donors (Lipinski definition) is 0. The summed E-state index contributed by atoms with van der Waals surface area (Å²) in [6.45, 7) is 5.91. The fraction of sp³-hybridized carbons (Fsp3) is 0.333. The molecule has 0 aromatic carbocycles. The quantitative estimate of drug-likeness (QED) is 0.779. The number of rotatable bonds is 3. The fourth-order valence-electron chi connectivity index (χ4n) is 2.93. The largest absolute Gasteiger partial charge is 0.480 e. The van der Waals surface area contributed by atoms with E-state index in [4.69, 9.17) is 16.3 Å². The number of carbonyl (C=O) groups excluding carboxylic acids is 2. The molecule has 0 radical (unpaired) electrons. The van der Waals surface area contributed by atoms with Crippen molar-refractivity contribution in [3.05, 3.63) is 40.2 Å². The van der Waals surface area contributed by atoms with E-state index in [1.807, 2.05) is 26.8 Å². The molecule has 0 spiro atoms. The summed E-state index contributed by atoms with van der Waals surface area (Å²) in [4.78, 5) is 35.3. The van der Waals surface area contributed by atoms with Crippen molar-refractivity contribution in [3.63, 3.8) is 0 Å². The maximum absolute atomic E-state index is 12.7. The summed E-state index contributed by atoms with van der Waals surface area (Å²) in [6, 6.07) is 3.34. The van der Waals surface area contributed by atoms with Crippen LogP contribution in [0, 0.1) is 6.92 Å². The van der Waals surface area contributed by atoms with Gasteiger partial charge in [0.25, 0.3) is 0 Å². The van der Waals surface area contributed by atoms with Crippen LogP contribution in [0.3, 0.4) is 0 Å². The van der Waals surface area contributed by atoms with Gasteiger partial charge in [-0.1, -0.05) is 25.4 Å². The second-order valence-corrected chi connectivity index (χ2v) is 6.60. The van der Waals surface area contributed by atoms with E-state index < -0.39 is 0 Å². The highest BCUT2D eigenvalue weighted by Crippen LogP contribution is 2.40. The van der Waals surface area contributed by atoms with Crippen LogP contribution in [0.1, 0.15) is 47.8 Å². The number of nitrogens with zero attached hydrogens (tertiary/aromatic N) is 3. The van der Waals surface area contributed by atoms with Crippen LogP contribution in [0.25, 0.3) is 0 Å². The molecule has 1 amide bonds. The molecule has 3 rings (SSSR count). The first-order valence-electron chi connectivity index (χ1n) is 7.91. The second-order valence-electron chi connectivity index (χ2n) is 6.20. The molecule has 0 atom stereocenters. The number of fused-ring (bicyclic) bond motifs is 1. The second kappa shape index (κ2) is 6.44. The molecule has 25 heavy (non-hydrogen) atoms. The Kier molecular flexibility index (Phi) is 4.47. The minimum Gasteiger partial charge on any atom is -0.480 e. The number of amides is 1. The fourth-order valence-corrected chi connectivity index (χ4v) is 3.16. The van der Waals surface area contributed by atoms with Gasteiger partial charge in [0.1, 0.15) is 5.02 Å². The lowest BCUT2D eigenvalue weighted by Crippen LogP contribution is -2.36. The number of halogens is 1. The Morgan fingerprint density at radius 1 is 1.32 bits per heavy atom. The molecule has 0 unspecified atom stereocenters. The highest BCUT2D eigenvalue weighted by Gasteiger charge is 2.36. The van der Waals surface area contributed by atoms with Gasteiger partial charge in [0.15, 0.2) is 11.6 Å². The number of ether oxygens (including phenoxy) is 1. The smallest absolute Gasteiger partial charge is 0.240 e. The first kappa shape index (κ1) is 17.4. The maximum atomic E-state index is 12.7. The summed E-state index contributed by atoms with van der Waals surface area (Å²) < 4.78 is 5.17. The van der Waals surface area contributed by atoms with Crippen LogP contribution in [0.4, 0.5) is 11.5 Å². The first-order chi connectivity index (χ1) is 11.8. The molecule has 1 aliphatic heterocycles. The number of pyridine rings is 2. The molecule has 3 heterocycles. The average Bonchev–Trinajstić information content (AvgIpc) is 2.56. The maximum Gasteiger partial charge on any atom is 0.240 e. The van der Waals surface area contributed by atoms with Gasteiger partial charge in [0, 0.05) is 6.20 Å². The molecule has 0 saturated carbocycles. The number of aromatic nitrogens is 2. The van der Waals surface area contributed by atoms with Crippen molar-refractivity contribution >= 4 is 34.8 Å². The third kappa shape index (κ3) is 2.87. The van der Waals surface area contributed by atoms with Crippen molar-refractivity contribution in [1.82, 2.24) is 9.97 Å². The van der Waals surface area contributed by atoms with Crippen molar-refractivity contribution in [1.29, 1.82) is 0 Å². The lowest BCUT2D eigenvalue weighted by molar-refractivity contribution is -0.117. The van der Waals surface area contributed by atoms with E-state index in [0.29, 0.717) is 11.3 Å². The third-order valence-electron chi connectivity index (χ3n) is 4.12. The van der Waals surface area contributed by atoms with E-state index in [-0.39, 0.29) is 40.7 Å². The molecule has 0 N–H and O–H groups in total. The molecule has 7 heteroatoms. The zero-order valence-electron chi connectivity index (χ0n) is 14.5. The number of methoxy groups -OCH3 is 1. The van der Waals surface area contributed by atoms with Crippen LogP contribution in [-0.4, -0.2) is 28.8 Å². The predicted molar refractivity (Wildman–Crippen MR) is 95.0 cm³/mol. The van der Waals surface area contributed by atoms with Gasteiger partial charge in [0.05, 0.1) is 30.5 Å². The van der Waals surface area contributed by atoms with E-state index in [1.54, 1.807) is 6.20 Å². The van der Waals surface area contributed by atoms with Crippen LogP contribution < -0.4 is 9.64 Å². The summed E-state index contributed by atoms with van der Waals surface area (Å²) in [5, 5.41) is 0.232. The molecular formula is C18H18ClN3O3. The number of carbonyl (C=O) groups is 2. The van der Waals surface area contributed by atoms with Crippen LogP contribution in [0.15, 0.2) is 18.3 Å². The first-order valence-corrected chi connectivity index (χ1v) is 8.29. The molecule has 0 saturated heterocycles. The summed E-state index contributed by atoms with van der Waals surface area (Å²) in [5.74, 6) is -0.146. The van der Waals surface area contributed by atoms with E-state index in [1.165, 1.54) is 18.1 Å². The SMILES string of the molecule is COc1nc2c(cc1Cl)C(=O)CC(=O)N2c1c(C)ccnc1C(C)C. The van der Waals surface area contributed by atoms with Crippen LogP contribution in [0.5, 0.6) is 5.88 Å². The third-order valence-corrected chi connectivity index (χ3v) is 4.39. The van der Waals surface area contributed by atoms with Gasteiger partial charge in [-0.25, -0.2) is 0 Å². The summed E-state index contributed by atoms with van der Waals surface area (Å²) in [5.41, 5.74) is 2.61. The zero-order chi connectivity index (χ0) is 18.3. The van der Waals surface area contributed by atoms with Crippen molar-refractivity contribution < 1.29 is 14.3 Å². The number of ketones is 1. The van der Waals surface area contributed by atoms with Gasteiger partial charge < -0.3 is 4.74 Å². The van der Waals surface area contributed by atoms with E-state index >= 15 is 0 Å². The highest BCUT2D eigenvalue weighted by atomic mass is 35.5. The Morgan fingerprint density at radius 2 is 2.04 bits per heavy atom. The Hall–Kier alpha value is -2.47. The van der Waals surface area contributed by atoms with Gasteiger partial charge in [-0.05, 0) is 30.5 Å². The minimum absolute atomic E-state index is 0.0953. The monoisotopic (exact) mass is 359 g/mol. The molecular weight excluding hydrogens is 342 g/mol. The molecule has 1 aliphatic rings. The Labute approximate surface area is 150 Å². The average molecular weight is 360 g/mol. The van der Waals surface area contributed by atoms with Crippen molar-refractivity contribution in [2.75, 3.05) is 12.0 Å². The van der Waals surface area contributed by atoms with Gasteiger partial charge >= 0.3 is 0 Å². The van der Waals surface area contributed by atoms with Crippen LogP contribution in [0.2, 0.25) is 5.02 Å². The molecule has 2 aromatic rings. The number of anilines is 2. The van der Waals surface area contributed by atoms with Crippen LogP contribution in [-0.2, 0) is 4.79 Å². The van der Waals surface area contributed by atoms with Crippen molar-refractivity contribution in [3.8, 4) is 5.88 Å². The Bertz CT molecular complexity index is 880. The summed E-state index contributed by atoms with van der Waals surface area (Å²) in [6.07, 6.45) is 1.48. The lowest BCUT2D eigenvalue weighted by atomic mass is 9.98. The highest BCUT2D eigenvalue weighted by molar-refractivity contribution is 6.33. The molecule has 0 aliphatic carbocycles.